The highest BCUT2D eigenvalue weighted by Gasteiger charge is 2.16. The van der Waals surface area contributed by atoms with Crippen LogP contribution in [0.2, 0.25) is 0 Å². The molecular weight excluding hydrogens is 352 g/mol. The lowest BCUT2D eigenvalue weighted by Crippen LogP contribution is -2.11. The van der Waals surface area contributed by atoms with Gasteiger partial charge in [0.15, 0.2) is 5.76 Å². The van der Waals surface area contributed by atoms with Crippen molar-refractivity contribution in [1.29, 1.82) is 0 Å². The summed E-state index contributed by atoms with van der Waals surface area (Å²) in [4.78, 5) is 25.2. The highest BCUT2D eigenvalue weighted by atomic mass is 32.1. The number of methoxy groups -OCH3 is 1. The second-order valence-electron chi connectivity index (χ2n) is 5.64. The van der Waals surface area contributed by atoms with Gasteiger partial charge in [-0.25, -0.2) is 0 Å². The molecule has 1 aromatic carbocycles. The fourth-order valence-corrected chi connectivity index (χ4v) is 3.41. The van der Waals surface area contributed by atoms with Crippen LogP contribution in [-0.2, 0) is 11.3 Å². The first-order valence-corrected chi connectivity index (χ1v) is 8.73. The minimum atomic E-state index is -0.351. The minimum absolute atomic E-state index is 0.219. The molecule has 0 aliphatic carbocycles. The zero-order chi connectivity index (χ0) is 18.5. The summed E-state index contributed by atoms with van der Waals surface area (Å²) in [6, 6.07) is 12.5. The topological polar surface area (TPSA) is 80.6 Å². The molecule has 2 heterocycles. The molecule has 0 bridgehead atoms. The average molecular weight is 370 g/mol. The van der Waals surface area contributed by atoms with E-state index in [1.165, 1.54) is 17.6 Å². The molecular formula is C19H18N2O4S. The van der Waals surface area contributed by atoms with Crippen molar-refractivity contribution in [1.82, 2.24) is 0 Å². The summed E-state index contributed by atoms with van der Waals surface area (Å²) in [6.45, 7) is 2.31. The Kier molecular flexibility index (Phi) is 5.50. The first kappa shape index (κ1) is 17.9. The summed E-state index contributed by atoms with van der Waals surface area (Å²) in [5.41, 5.74) is 2.45. The van der Waals surface area contributed by atoms with E-state index in [1.54, 1.807) is 25.3 Å². The Bertz CT molecular complexity index is 916. The number of rotatable bonds is 6. The number of hydrogen-bond donors (Lipinski definition) is 2. The molecule has 7 heteroatoms. The summed E-state index contributed by atoms with van der Waals surface area (Å²) < 4.78 is 10.2. The molecule has 0 spiro atoms. The number of carbonyl (C=O) groups is 2. The Labute approximate surface area is 154 Å². The molecule has 0 saturated heterocycles. The number of aryl methyl sites for hydroxylation is 1. The Hall–Kier alpha value is -2.90. The van der Waals surface area contributed by atoms with Crippen LogP contribution in [0.4, 0.5) is 10.7 Å². The van der Waals surface area contributed by atoms with E-state index in [4.69, 9.17) is 9.15 Å². The van der Waals surface area contributed by atoms with Crippen LogP contribution in [0.3, 0.4) is 0 Å². The normalized spacial score (nSPS) is 10.5. The summed E-state index contributed by atoms with van der Waals surface area (Å²) in [5, 5.41) is 6.20. The van der Waals surface area contributed by atoms with Crippen LogP contribution in [0, 0.1) is 6.92 Å². The summed E-state index contributed by atoms with van der Waals surface area (Å²) in [6.07, 6.45) is 1.44. The van der Waals surface area contributed by atoms with Crippen LogP contribution in [0.25, 0.3) is 0 Å². The molecule has 3 aromatic rings. The van der Waals surface area contributed by atoms with Crippen LogP contribution in [-0.4, -0.2) is 18.9 Å². The van der Waals surface area contributed by atoms with Gasteiger partial charge in [-0.2, -0.15) is 0 Å². The maximum atomic E-state index is 12.6. The van der Waals surface area contributed by atoms with E-state index in [0.29, 0.717) is 22.2 Å². The fraction of sp³-hybridized carbons (Fsp3) is 0.158. The van der Waals surface area contributed by atoms with E-state index in [-0.39, 0.29) is 17.6 Å². The van der Waals surface area contributed by atoms with Crippen LogP contribution < -0.4 is 10.6 Å². The molecule has 2 amide bonds. The van der Waals surface area contributed by atoms with Gasteiger partial charge in [-0.3, -0.25) is 9.59 Å². The first-order valence-electron chi connectivity index (χ1n) is 7.91. The van der Waals surface area contributed by atoms with E-state index in [9.17, 15) is 9.59 Å². The summed E-state index contributed by atoms with van der Waals surface area (Å²) >= 11 is 1.22. The maximum Gasteiger partial charge on any atom is 0.291 e. The van der Waals surface area contributed by atoms with Crippen LogP contribution in [0.5, 0.6) is 0 Å². The lowest BCUT2D eigenvalue weighted by molar-refractivity contribution is 0.0995. The van der Waals surface area contributed by atoms with E-state index in [0.717, 1.165) is 11.1 Å². The smallest absolute Gasteiger partial charge is 0.291 e. The Morgan fingerprint density at radius 1 is 1.12 bits per heavy atom. The van der Waals surface area contributed by atoms with Crippen LogP contribution in [0.1, 0.15) is 31.4 Å². The number of amides is 2. The van der Waals surface area contributed by atoms with Gasteiger partial charge >= 0.3 is 0 Å². The zero-order valence-electron chi connectivity index (χ0n) is 14.4. The van der Waals surface area contributed by atoms with Gasteiger partial charge in [-0.05, 0) is 48.4 Å². The molecule has 134 valence electrons. The molecule has 2 N–H and O–H groups in total. The average Bonchev–Trinajstić information content (AvgIpc) is 3.25. The molecule has 3 rings (SSSR count). The van der Waals surface area contributed by atoms with Crippen LogP contribution >= 0.6 is 11.3 Å². The third kappa shape index (κ3) is 4.19. The van der Waals surface area contributed by atoms with E-state index in [1.807, 2.05) is 31.2 Å². The van der Waals surface area contributed by atoms with Gasteiger partial charge in [-0.15, -0.1) is 11.3 Å². The monoisotopic (exact) mass is 370 g/mol. The van der Waals surface area contributed by atoms with E-state index < -0.39 is 0 Å². The van der Waals surface area contributed by atoms with Crippen molar-refractivity contribution >= 4 is 33.8 Å². The van der Waals surface area contributed by atoms with Crippen molar-refractivity contribution < 1.29 is 18.7 Å². The Morgan fingerprint density at radius 2 is 1.96 bits per heavy atom. The number of ether oxygens (including phenoxy) is 1. The molecule has 0 aliphatic heterocycles. The van der Waals surface area contributed by atoms with Gasteiger partial charge in [0.1, 0.15) is 0 Å². The van der Waals surface area contributed by atoms with Gasteiger partial charge in [0.2, 0.25) is 0 Å². The SMILES string of the molecule is COCc1cccc(NC(=O)c2sc(NC(=O)c3ccco3)cc2C)c1. The van der Waals surface area contributed by atoms with Crippen molar-refractivity contribution in [2.75, 3.05) is 17.7 Å². The van der Waals surface area contributed by atoms with Crippen molar-refractivity contribution in [3.8, 4) is 0 Å². The van der Waals surface area contributed by atoms with Crippen molar-refractivity contribution in [3.63, 3.8) is 0 Å². The molecule has 2 aromatic heterocycles. The molecule has 0 radical (unpaired) electrons. The lowest BCUT2D eigenvalue weighted by Gasteiger charge is -2.06. The number of nitrogens with one attached hydrogen (secondary N) is 2. The largest absolute Gasteiger partial charge is 0.459 e. The molecule has 26 heavy (non-hydrogen) atoms. The maximum absolute atomic E-state index is 12.6. The summed E-state index contributed by atoms with van der Waals surface area (Å²) in [7, 11) is 1.62. The van der Waals surface area contributed by atoms with E-state index in [2.05, 4.69) is 10.6 Å². The third-order valence-electron chi connectivity index (χ3n) is 3.60. The minimum Gasteiger partial charge on any atom is -0.459 e. The second kappa shape index (κ2) is 7.99. The third-order valence-corrected chi connectivity index (χ3v) is 4.75. The molecule has 0 atom stereocenters. The van der Waals surface area contributed by atoms with Crippen molar-refractivity contribution in [3.05, 3.63) is 70.5 Å². The van der Waals surface area contributed by atoms with Gasteiger partial charge in [0.05, 0.1) is 22.7 Å². The number of hydrogen-bond acceptors (Lipinski definition) is 5. The highest BCUT2D eigenvalue weighted by molar-refractivity contribution is 7.18. The molecule has 6 nitrogen and oxygen atoms in total. The summed E-state index contributed by atoms with van der Waals surface area (Å²) in [5.74, 6) is -0.354. The predicted molar refractivity (Wildman–Crippen MR) is 101 cm³/mol. The zero-order valence-corrected chi connectivity index (χ0v) is 15.2. The number of carbonyl (C=O) groups excluding carboxylic acids is 2. The molecule has 0 unspecified atom stereocenters. The Balaban J connectivity index is 1.71. The van der Waals surface area contributed by atoms with Gasteiger partial charge in [0, 0.05) is 12.8 Å². The van der Waals surface area contributed by atoms with E-state index >= 15 is 0 Å². The lowest BCUT2D eigenvalue weighted by atomic mass is 10.2. The number of thiophene rings is 1. The highest BCUT2D eigenvalue weighted by Crippen LogP contribution is 2.28. The van der Waals surface area contributed by atoms with Crippen molar-refractivity contribution in [2.24, 2.45) is 0 Å². The quantitative estimate of drug-likeness (QED) is 0.678. The van der Waals surface area contributed by atoms with Crippen LogP contribution in [0.15, 0.2) is 53.1 Å². The fourth-order valence-electron chi connectivity index (χ4n) is 2.44. The van der Waals surface area contributed by atoms with Gasteiger partial charge in [-0.1, -0.05) is 12.1 Å². The molecule has 0 aliphatic rings. The second-order valence-corrected chi connectivity index (χ2v) is 6.69. The molecule has 0 fully saturated rings. The molecule has 0 saturated carbocycles. The van der Waals surface area contributed by atoms with Gasteiger partial charge < -0.3 is 19.8 Å². The standard InChI is InChI=1S/C19H18N2O4S/c1-12-9-16(21-18(22)15-7-4-8-25-15)26-17(12)19(23)20-14-6-3-5-13(10-14)11-24-2/h3-10H,11H2,1-2H3,(H,20,23)(H,21,22). The number of anilines is 2. The predicted octanol–water partition coefficient (Wildman–Crippen LogP) is 4.30. The number of furan rings is 1. The van der Waals surface area contributed by atoms with Crippen molar-refractivity contribution in [2.45, 2.75) is 13.5 Å². The first-order chi connectivity index (χ1) is 12.6. The Morgan fingerprint density at radius 3 is 2.69 bits per heavy atom. The number of benzene rings is 1. The van der Waals surface area contributed by atoms with Gasteiger partial charge in [0.25, 0.3) is 11.8 Å².